The molecule has 0 nitrogen and oxygen atoms in total. The van der Waals surface area contributed by atoms with Gasteiger partial charge in [0.2, 0.25) is 0 Å². The minimum atomic E-state index is 1.11. The van der Waals surface area contributed by atoms with Gasteiger partial charge in [-0.05, 0) is 147 Å². The minimum absolute atomic E-state index is 1.11. The van der Waals surface area contributed by atoms with E-state index in [1.807, 2.05) is 0 Å². The van der Waals surface area contributed by atoms with Crippen molar-refractivity contribution < 1.29 is 0 Å². The van der Waals surface area contributed by atoms with E-state index in [-0.39, 0.29) is 0 Å². The van der Waals surface area contributed by atoms with Gasteiger partial charge in [-0.25, -0.2) is 0 Å². The van der Waals surface area contributed by atoms with E-state index in [0.717, 1.165) is 82.9 Å². The Bertz CT molecular complexity index is 822. The fraction of sp³-hybridized carbons (Fsp3) is 1.00. The number of fused-ring (bicyclic) bond motifs is 3. The molecule has 8 aliphatic rings. The molecule has 0 N–H and O–H groups in total. The lowest BCUT2D eigenvalue weighted by molar-refractivity contribution is -0.126. The molecule has 0 amide bonds. The van der Waals surface area contributed by atoms with E-state index in [4.69, 9.17) is 0 Å². The van der Waals surface area contributed by atoms with Crippen LogP contribution >= 0.6 is 0 Å². The molecule has 0 aromatic heterocycles. The largest absolute Gasteiger partial charge is 0.0533 e. The van der Waals surface area contributed by atoms with Gasteiger partial charge in [0.05, 0.1) is 0 Å². The molecule has 0 spiro atoms. The van der Waals surface area contributed by atoms with Gasteiger partial charge >= 0.3 is 0 Å². The Labute approximate surface area is 262 Å². The Hall–Kier alpha value is 0. The summed E-state index contributed by atoms with van der Waals surface area (Å²) in [7, 11) is 0. The zero-order valence-corrected chi connectivity index (χ0v) is 27.9. The highest BCUT2D eigenvalue weighted by atomic mass is 14.6. The molecule has 0 aliphatic heterocycles. The smallest absolute Gasteiger partial charge is 0.0323 e. The Morgan fingerprint density at radius 2 is 0.571 bits per heavy atom. The lowest BCUT2D eigenvalue weighted by Crippen LogP contribution is -2.54. The third kappa shape index (κ3) is 5.73. The van der Waals surface area contributed by atoms with Crippen LogP contribution in [0.1, 0.15) is 180 Å². The monoisotopic (exact) mass is 575 g/mol. The average Bonchev–Trinajstić information content (AvgIpc) is 3.07. The fourth-order valence-electron chi connectivity index (χ4n) is 15.4. The SMILES string of the molecule is C1CCC(C2CCC(C3C4CCCCC4C(C4CCC5CCCCC5C4)C4CCCCC43)CC2C2CCCCC2)CC1. The summed E-state index contributed by atoms with van der Waals surface area (Å²) in [5.74, 6) is 15.8. The number of hydrogen-bond acceptors (Lipinski definition) is 0. The summed E-state index contributed by atoms with van der Waals surface area (Å²) in [6.07, 6.45) is 44.9. The molecule has 10 atom stereocenters. The van der Waals surface area contributed by atoms with E-state index in [2.05, 4.69) is 0 Å². The molecule has 8 fully saturated rings. The van der Waals surface area contributed by atoms with Crippen molar-refractivity contribution in [3.05, 3.63) is 0 Å². The maximum absolute atomic E-state index is 1.70. The molecule has 0 aromatic carbocycles. The second-order valence-corrected chi connectivity index (χ2v) is 18.5. The molecule has 0 saturated heterocycles. The molecule has 42 heavy (non-hydrogen) atoms. The van der Waals surface area contributed by atoms with E-state index in [0.29, 0.717) is 0 Å². The molecule has 0 radical (unpaired) electrons. The van der Waals surface area contributed by atoms with Crippen molar-refractivity contribution in [2.75, 3.05) is 0 Å². The predicted octanol–water partition coefficient (Wildman–Crippen LogP) is 12.6. The van der Waals surface area contributed by atoms with Gasteiger partial charge in [-0.3, -0.25) is 0 Å². The molecular formula is C42H70. The van der Waals surface area contributed by atoms with Crippen LogP contribution in [0.15, 0.2) is 0 Å². The van der Waals surface area contributed by atoms with Crippen LogP contribution in [-0.4, -0.2) is 0 Å². The van der Waals surface area contributed by atoms with Gasteiger partial charge in [0.1, 0.15) is 0 Å². The maximum Gasteiger partial charge on any atom is -0.0323 e. The van der Waals surface area contributed by atoms with Crippen LogP contribution in [0.5, 0.6) is 0 Å². The van der Waals surface area contributed by atoms with Gasteiger partial charge in [0.25, 0.3) is 0 Å². The first kappa shape index (κ1) is 29.4. The third-order valence-electron chi connectivity index (χ3n) is 16.9. The van der Waals surface area contributed by atoms with Crippen molar-refractivity contribution in [1.82, 2.24) is 0 Å². The fourth-order valence-corrected chi connectivity index (χ4v) is 15.4. The van der Waals surface area contributed by atoms with Crippen molar-refractivity contribution >= 4 is 0 Å². The van der Waals surface area contributed by atoms with Crippen LogP contribution in [-0.2, 0) is 0 Å². The van der Waals surface area contributed by atoms with Gasteiger partial charge in [-0.1, -0.05) is 116 Å². The zero-order valence-electron chi connectivity index (χ0n) is 27.9. The molecule has 0 heterocycles. The normalized spacial score (nSPS) is 49.4. The lowest BCUT2D eigenvalue weighted by Gasteiger charge is -2.61. The second-order valence-electron chi connectivity index (χ2n) is 18.5. The molecule has 0 aromatic rings. The highest BCUT2D eigenvalue weighted by Gasteiger charge is 2.56. The molecule has 8 saturated carbocycles. The van der Waals surface area contributed by atoms with Crippen LogP contribution in [0.25, 0.3) is 0 Å². The van der Waals surface area contributed by atoms with Crippen molar-refractivity contribution in [3.8, 4) is 0 Å². The van der Waals surface area contributed by atoms with Crippen LogP contribution in [0.3, 0.4) is 0 Å². The highest BCUT2D eigenvalue weighted by Crippen LogP contribution is 2.64. The zero-order chi connectivity index (χ0) is 27.9. The second kappa shape index (κ2) is 13.4. The van der Waals surface area contributed by atoms with Crippen molar-refractivity contribution in [3.63, 3.8) is 0 Å². The first-order valence-electron chi connectivity index (χ1n) is 20.8. The summed E-state index contributed by atoms with van der Waals surface area (Å²) in [5, 5.41) is 0. The van der Waals surface area contributed by atoms with Gasteiger partial charge in [-0.2, -0.15) is 0 Å². The summed E-state index contributed by atoms with van der Waals surface area (Å²) in [6.45, 7) is 0. The van der Waals surface area contributed by atoms with E-state index in [9.17, 15) is 0 Å². The van der Waals surface area contributed by atoms with Gasteiger partial charge in [0, 0.05) is 0 Å². The average molecular weight is 575 g/mol. The van der Waals surface area contributed by atoms with Gasteiger partial charge < -0.3 is 0 Å². The van der Waals surface area contributed by atoms with Crippen LogP contribution in [0, 0.1) is 82.9 Å². The van der Waals surface area contributed by atoms with E-state index in [1.165, 1.54) is 6.42 Å². The standard InChI is InChI=1S/C42H70/c1-3-14-30(15-4-1)35-26-25-34(28-40(35)31-16-5-2-6-17-31)42-38-21-11-9-19-36(38)41(37-20-10-12-22-39(37)42)33-24-23-29-13-7-8-18-32(29)27-33/h29-42H,1-28H2. The minimum Gasteiger partial charge on any atom is -0.0533 e. The van der Waals surface area contributed by atoms with Gasteiger partial charge in [0.15, 0.2) is 0 Å². The van der Waals surface area contributed by atoms with Crippen molar-refractivity contribution in [1.29, 1.82) is 0 Å². The molecular weight excluding hydrogens is 504 g/mol. The predicted molar refractivity (Wildman–Crippen MR) is 178 cm³/mol. The summed E-state index contributed by atoms with van der Waals surface area (Å²) < 4.78 is 0. The summed E-state index contributed by atoms with van der Waals surface area (Å²) in [5.41, 5.74) is 0. The van der Waals surface area contributed by atoms with Crippen LogP contribution in [0.2, 0.25) is 0 Å². The quantitative estimate of drug-likeness (QED) is 0.313. The van der Waals surface area contributed by atoms with Crippen LogP contribution < -0.4 is 0 Å². The van der Waals surface area contributed by atoms with Crippen molar-refractivity contribution in [2.24, 2.45) is 82.9 Å². The van der Waals surface area contributed by atoms with E-state index < -0.39 is 0 Å². The third-order valence-corrected chi connectivity index (χ3v) is 16.9. The number of rotatable bonds is 4. The Balaban J connectivity index is 1.06. The lowest BCUT2D eigenvalue weighted by atomic mass is 9.44. The van der Waals surface area contributed by atoms with Crippen molar-refractivity contribution in [2.45, 2.75) is 180 Å². The molecule has 0 bridgehead atoms. The summed E-state index contributed by atoms with van der Waals surface area (Å²) >= 11 is 0. The van der Waals surface area contributed by atoms with E-state index in [1.54, 1.807) is 173 Å². The molecule has 8 rings (SSSR count). The van der Waals surface area contributed by atoms with Gasteiger partial charge in [-0.15, -0.1) is 0 Å². The summed E-state index contributed by atoms with van der Waals surface area (Å²) in [4.78, 5) is 0. The molecule has 238 valence electrons. The topological polar surface area (TPSA) is 0 Å². The first-order valence-corrected chi connectivity index (χ1v) is 20.8. The Morgan fingerprint density at radius 1 is 0.190 bits per heavy atom. The number of hydrogen-bond donors (Lipinski definition) is 0. The first-order chi connectivity index (χ1) is 20.8. The Kier molecular flexibility index (Phi) is 9.37. The maximum atomic E-state index is 1.70. The van der Waals surface area contributed by atoms with Crippen LogP contribution in [0.4, 0.5) is 0 Å². The molecule has 0 heteroatoms. The highest BCUT2D eigenvalue weighted by molar-refractivity contribution is 5.05. The molecule has 10 unspecified atom stereocenters. The summed E-state index contributed by atoms with van der Waals surface area (Å²) in [6, 6.07) is 0. The molecule has 8 aliphatic carbocycles. The Morgan fingerprint density at radius 3 is 1.14 bits per heavy atom. The van der Waals surface area contributed by atoms with E-state index >= 15 is 0 Å².